The molecule has 0 aliphatic rings. The second kappa shape index (κ2) is 33.3. The van der Waals surface area contributed by atoms with Crippen molar-refractivity contribution in [2.75, 3.05) is 0 Å². The first-order chi connectivity index (χ1) is 50.0. The van der Waals surface area contributed by atoms with Crippen LogP contribution < -0.4 is 33.4 Å². The van der Waals surface area contributed by atoms with Gasteiger partial charge in [0.2, 0.25) is 0 Å². The van der Waals surface area contributed by atoms with Crippen molar-refractivity contribution in [2.45, 2.75) is 312 Å². The summed E-state index contributed by atoms with van der Waals surface area (Å²) in [5.74, 6) is 0. The average Bonchev–Trinajstić information content (AvgIpc) is 0.699. The quantitative estimate of drug-likeness (QED) is 0.0213. The van der Waals surface area contributed by atoms with Gasteiger partial charge in [0.15, 0.2) is 0 Å². The molecule has 0 saturated heterocycles. The summed E-state index contributed by atoms with van der Waals surface area (Å²) >= 11 is 0. The summed E-state index contributed by atoms with van der Waals surface area (Å²) in [6.45, 7) is 16.2. The second-order valence-electron chi connectivity index (χ2n) is 30.8. The first kappa shape index (κ1) is 72.5. The molecule has 0 radical (unpaired) electrons. The van der Waals surface area contributed by atoms with E-state index >= 15 is 28.8 Å². The lowest BCUT2D eigenvalue weighted by molar-refractivity contribution is 0.558. The molecule has 540 valence electrons. The predicted molar refractivity (Wildman–Crippen MR) is 436 cm³/mol. The van der Waals surface area contributed by atoms with Gasteiger partial charge < -0.3 is 27.4 Å². The summed E-state index contributed by atoms with van der Waals surface area (Å²) in [5, 5.41) is 12.8. The van der Waals surface area contributed by atoms with Crippen LogP contribution in [0.25, 0.3) is 130 Å². The van der Waals surface area contributed by atoms with Crippen LogP contribution in [0.15, 0.2) is 102 Å². The van der Waals surface area contributed by atoms with Gasteiger partial charge in [-0.1, -0.05) is 234 Å². The molecule has 0 saturated carbocycles. The van der Waals surface area contributed by atoms with Crippen molar-refractivity contribution < 1.29 is 0 Å². The fourth-order valence-corrected chi connectivity index (χ4v) is 17.7. The summed E-state index contributed by atoms with van der Waals surface area (Å²) in [7, 11) is 0. The lowest BCUT2D eigenvalue weighted by Crippen LogP contribution is -2.25. The highest BCUT2D eigenvalue weighted by molar-refractivity contribution is 6.26. The lowest BCUT2D eigenvalue weighted by atomic mass is 9.93. The monoisotopic (exact) mass is 1370 g/mol. The predicted octanol–water partition coefficient (Wildman–Crippen LogP) is 23.0. The molecule has 0 unspecified atom stereocenters. The van der Waals surface area contributed by atoms with Gasteiger partial charge in [0, 0.05) is 104 Å². The average molecular weight is 1380 g/mol. The first-order valence-corrected chi connectivity index (χ1v) is 41.0. The van der Waals surface area contributed by atoms with Crippen molar-refractivity contribution >= 4 is 130 Å². The van der Waals surface area contributed by atoms with Crippen LogP contribution in [0.1, 0.15) is 273 Å². The Hall–Kier alpha value is -7.86. The van der Waals surface area contributed by atoms with Crippen LogP contribution in [-0.2, 0) is 39.3 Å². The van der Waals surface area contributed by atoms with E-state index in [4.69, 9.17) is 0 Å². The summed E-state index contributed by atoms with van der Waals surface area (Å²) in [4.78, 5) is 96.3. The Labute approximate surface area is 601 Å². The molecule has 7 aromatic carbocycles. The lowest BCUT2D eigenvalue weighted by Gasteiger charge is -2.21. The van der Waals surface area contributed by atoms with Gasteiger partial charge in [-0.25, -0.2) is 0 Å². The molecule has 0 aliphatic carbocycles. The number of hydrogen-bond donors (Lipinski definition) is 0. The molecule has 0 N–H and O–H groups in total. The third-order valence-electron chi connectivity index (χ3n) is 23.6. The topological polar surface area (TPSA) is 132 Å². The van der Waals surface area contributed by atoms with Crippen molar-refractivity contribution in [1.82, 2.24) is 27.4 Å². The standard InChI is InChI=1S/C90H114N6O6/c1-7-13-19-25-31-37-43-91-79-55-74-62-49-67(79)61-50-68-63-52-70-65-54-72-66-53-71-64-51-69(62)81(93(86(74)98)45-39-33-27-21-15-9-3)57-76(64)88(100)95(47-41-35-29-23-17-11-5)83(71)59-78(66)90(102)96(48-42-36-30-24-18-12-6)84(72)60-77(65)89(101)94(46-40-34-28-22-16-10-4)82(70)58-75(63)87(99)92(44-38-32-26-20-14-8-2)80(68)56-73(61)85(91)97/h49-60H,7-48H2,1-6H3. The van der Waals surface area contributed by atoms with Crippen LogP contribution in [0.4, 0.5) is 0 Å². The van der Waals surface area contributed by atoms with Crippen molar-refractivity contribution in [1.29, 1.82) is 0 Å². The minimum absolute atomic E-state index is 0.136. The maximum absolute atomic E-state index is 16.0. The van der Waals surface area contributed by atoms with Gasteiger partial charge in [0.05, 0.1) is 33.1 Å². The van der Waals surface area contributed by atoms with E-state index in [1.165, 1.54) is 38.5 Å². The molecule has 12 heteroatoms. The smallest absolute Gasteiger partial charge is 0.258 e. The molecule has 6 heterocycles. The zero-order chi connectivity index (χ0) is 71.0. The number of aryl methyl sites for hydroxylation is 6. The van der Waals surface area contributed by atoms with Crippen LogP contribution >= 0.6 is 0 Å². The summed E-state index contributed by atoms with van der Waals surface area (Å²) in [6, 6.07) is 25.2. The molecule has 0 spiro atoms. The van der Waals surface area contributed by atoms with Crippen LogP contribution in [0.5, 0.6) is 0 Å². The molecule has 13 rings (SSSR count). The Morgan fingerprint density at radius 2 is 0.284 bits per heavy atom. The molecule has 0 amide bonds. The Kier molecular flexibility index (Phi) is 23.7. The van der Waals surface area contributed by atoms with Crippen LogP contribution in [-0.4, -0.2) is 27.4 Å². The van der Waals surface area contributed by atoms with E-state index in [9.17, 15) is 0 Å². The number of rotatable bonds is 42. The Balaban J connectivity index is 1.20. The molecule has 102 heavy (non-hydrogen) atoms. The van der Waals surface area contributed by atoms with E-state index in [1.807, 2.05) is 63.8 Å². The Morgan fingerprint density at radius 3 is 0.422 bits per heavy atom. The van der Waals surface area contributed by atoms with Crippen LogP contribution in [0, 0.1) is 0 Å². The molecule has 0 aliphatic heterocycles. The summed E-state index contributed by atoms with van der Waals surface area (Å²) in [6.07, 6.45) is 37.6. The molecule has 12 nitrogen and oxygen atoms in total. The van der Waals surface area contributed by atoms with Crippen molar-refractivity contribution in [3.8, 4) is 0 Å². The number of benzene rings is 6. The molecule has 0 atom stereocenters. The Morgan fingerprint density at radius 1 is 0.157 bits per heavy atom. The van der Waals surface area contributed by atoms with E-state index in [-0.39, 0.29) is 33.4 Å². The minimum atomic E-state index is -0.136. The van der Waals surface area contributed by atoms with Crippen molar-refractivity contribution in [3.05, 3.63) is 135 Å². The number of nitrogens with zero attached hydrogens (tertiary/aromatic N) is 6. The van der Waals surface area contributed by atoms with Gasteiger partial charge in [-0.05, 0) is 144 Å². The molecule has 12 bridgehead atoms. The van der Waals surface area contributed by atoms with E-state index < -0.39 is 0 Å². The highest BCUT2D eigenvalue weighted by Crippen LogP contribution is 2.41. The number of hydrogen-bond acceptors (Lipinski definition) is 6. The van der Waals surface area contributed by atoms with Crippen LogP contribution in [0.2, 0.25) is 0 Å². The highest BCUT2D eigenvalue weighted by Gasteiger charge is 2.26. The first-order valence-electron chi connectivity index (χ1n) is 41.0. The summed E-state index contributed by atoms with van der Waals surface area (Å²) in [5.41, 5.74) is 3.43. The summed E-state index contributed by atoms with van der Waals surface area (Å²) < 4.78 is 11.6. The molecule has 6 aromatic heterocycles. The van der Waals surface area contributed by atoms with E-state index in [1.54, 1.807) is 0 Å². The van der Waals surface area contributed by atoms with Crippen molar-refractivity contribution in [2.24, 2.45) is 0 Å². The molecular weight excluding hydrogens is 1260 g/mol. The normalized spacial score (nSPS) is 12.5. The van der Waals surface area contributed by atoms with Gasteiger partial charge in [-0.2, -0.15) is 0 Å². The minimum Gasteiger partial charge on any atom is -0.308 e. The largest absolute Gasteiger partial charge is 0.308 e. The fourth-order valence-electron chi connectivity index (χ4n) is 17.7. The third-order valence-corrected chi connectivity index (χ3v) is 23.6. The van der Waals surface area contributed by atoms with Gasteiger partial charge in [-0.3, -0.25) is 28.8 Å². The SMILES string of the molecule is CCCCCCCCn1c(=O)c2cc3c4cc2c2cc5c(cc21)c(=O)n(CCCCCCCC)c1cc2c(=O)n(CCCCCCCC)c6cc7c(=O)n(CCCCCCCC)c8cc9c(=O)n(CCCCCCCC)c%10cc(c(=O)n3CCCCCCCC)c4cc%10c9cc8c7cc6c2cc51. The fraction of sp³-hybridized carbons (Fsp3) is 0.533. The Bertz CT molecular complexity index is 4620. The number of unbranched alkanes of at least 4 members (excludes halogenated alkanes) is 30. The highest BCUT2D eigenvalue weighted by atomic mass is 16.2. The maximum Gasteiger partial charge on any atom is 0.258 e. The third kappa shape index (κ3) is 14.2. The molecule has 0 fully saturated rings. The van der Waals surface area contributed by atoms with E-state index in [0.717, 1.165) is 257 Å². The zero-order valence-electron chi connectivity index (χ0n) is 62.8. The van der Waals surface area contributed by atoms with E-state index in [2.05, 4.69) is 77.9 Å². The zero-order valence-corrected chi connectivity index (χ0v) is 62.8. The maximum atomic E-state index is 16.0. The van der Waals surface area contributed by atoms with Gasteiger partial charge in [0.1, 0.15) is 0 Å². The second-order valence-corrected chi connectivity index (χ2v) is 30.8. The molecule has 13 aromatic rings. The number of pyridine rings is 6. The molecular formula is C90H114N6O6. The van der Waals surface area contributed by atoms with Crippen molar-refractivity contribution in [3.63, 3.8) is 0 Å². The number of aromatic nitrogens is 6. The van der Waals surface area contributed by atoms with Gasteiger partial charge in [-0.15, -0.1) is 0 Å². The van der Waals surface area contributed by atoms with Crippen LogP contribution in [0.3, 0.4) is 0 Å². The van der Waals surface area contributed by atoms with Gasteiger partial charge in [0.25, 0.3) is 33.4 Å². The van der Waals surface area contributed by atoms with Gasteiger partial charge >= 0.3 is 0 Å². The van der Waals surface area contributed by atoms with E-state index in [0.29, 0.717) is 105 Å².